The van der Waals surface area contributed by atoms with E-state index in [4.69, 9.17) is 5.11 Å². The monoisotopic (exact) mass is 252 g/mol. The van der Waals surface area contributed by atoms with Gasteiger partial charge in [-0.2, -0.15) is 5.26 Å². The Hall–Kier alpha value is -1.08. The molecule has 0 aliphatic heterocycles. The van der Waals surface area contributed by atoms with Crippen LogP contribution in [0.4, 0.5) is 0 Å². The molecule has 102 valence electrons. The predicted molar refractivity (Wildman–Crippen MR) is 69.7 cm³/mol. The lowest BCUT2D eigenvalue weighted by molar-refractivity contribution is -0.142. The van der Waals surface area contributed by atoms with Gasteiger partial charge in [-0.25, -0.2) is 0 Å². The standard InChI is InChI=1S/C14H24N2O2/c1-3-14(4-2,11-15)13(18)16(9-10-17)12-7-5-6-8-12/h12,17H,3-10H2,1-2H3. The highest BCUT2D eigenvalue weighted by Crippen LogP contribution is 2.32. The summed E-state index contributed by atoms with van der Waals surface area (Å²) in [6.07, 6.45) is 5.34. The van der Waals surface area contributed by atoms with Crippen molar-refractivity contribution < 1.29 is 9.90 Å². The molecule has 1 aliphatic rings. The molecule has 1 fully saturated rings. The fourth-order valence-electron chi connectivity index (χ4n) is 2.81. The van der Waals surface area contributed by atoms with Crippen molar-refractivity contribution >= 4 is 5.91 Å². The Balaban J connectivity index is 2.90. The highest BCUT2D eigenvalue weighted by molar-refractivity contribution is 5.85. The zero-order valence-corrected chi connectivity index (χ0v) is 11.5. The van der Waals surface area contributed by atoms with Crippen LogP contribution in [0.3, 0.4) is 0 Å². The van der Waals surface area contributed by atoms with Crippen molar-refractivity contribution in [2.24, 2.45) is 5.41 Å². The van der Waals surface area contributed by atoms with Crippen LogP contribution in [0.2, 0.25) is 0 Å². The second-order valence-corrected chi connectivity index (χ2v) is 5.06. The van der Waals surface area contributed by atoms with Gasteiger partial charge in [-0.15, -0.1) is 0 Å². The highest BCUT2D eigenvalue weighted by Gasteiger charge is 2.40. The minimum atomic E-state index is -0.905. The molecule has 0 spiro atoms. The summed E-state index contributed by atoms with van der Waals surface area (Å²) in [6.45, 7) is 4.09. The molecule has 0 bridgehead atoms. The molecule has 0 saturated heterocycles. The van der Waals surface area contributed by atoms with E-state index in [1.165, 1.54) is 0 Å². The lowest BCUT2D eigenvalue weighted by Gasteiger charge is -2.35. The van der Waals surface area contributed by atoms with Gasteiger partial charge < -0.3 is 10.0 Å². The Morgan fingerprint density at radius 1 is 1.39 bits per heavy atom. The van der Waals surface area contributed by atoms with Crippen LogP contribution in [0.25, 0.3) is 0 Å². The third kappa shape index (κ3) is 2.84. The molecular weight excluding hydrogens is 228 g/mol. The summed E-state index contributed by atoms with van der Waals surface area (Å²) >= 11 is 0. The summed E-state index contributed by atoms with van der Waals surface area (Å²) in [5, 5.41) is 18.5. The Morgan fingerprint density at radius 3 is 2.33 bits per heavy atom. The van der Waals surface area contributed by atoms with Crippen LogP contribution in [-0.4, -0.2) is 35.1 Å². The minimum Gasteiger partial charge on any atom is -0.395 e. The number of aliphatic hydroxyl groups is 1. The number of carbonyl (C=O) groups is 1. The maximum Gasteiger partial charge on any atom is 0.243 e. The molecular formula is C14H24N2O2. The molecule has 1 rings (SSSR count). The van der Waals surface area contributed by atoms with Gasteiger partial charge >= 0.3 is 0 Å². The number of nitriles is 1. The topological polar surface area (TPSA) is 64.3 Å². The molecule has 0 aromatic rings. The van der Waals surface area contributed by atoms with Gasteiger partial charge in [0, 0.05) is 12.6 Å². The summed E-state index contributed by atoms with van der Waals surface area (Å²) in [5.74, 6) is -0.0871. The average Bonchev–Trinajstić information content (AvgIpc) is 2.92. The van der Waals surface area contributed by atoms with E-state index in [0.717, 1.165) is 25.7 Å². The summed E-state index contributed by atoms with van der Waals surface area (Å²) < 4.78 is 0. The normalized spacial score (nSPS) is 16.6. The van der Waals surface area contributed by atoms with Crippen LogP contribution in [0.5, 0.6) is 0 Å². The van der Waals surface area contributed by atoms with Gasteiger partial charge in [-0.3, -0.25) is 4.79 Å². The van der Waals surface area contributed by atoms with E-state index in [2.05, 4.69) is 6.07 Å². The SMILES string of the molecule is CCC(C#N)(CC)C(=O)N(CCO)C1CCCC1. The van der Waals surface area contributed by atoms with Gasteiger partial charge in [0.25, 0.3) is 0 Å². The number of rotatable bonds is 6. The van der Waals surface area contributed by atoms with E-state index in [9.17, 15) is 10.1 Å². The molecule has 4 nitrogen and oxygen atoms in total. The van der Waals surface area contributed by atoms with Gasteiger partial charge in [-0.05, 0) is 25.7 Å². The zero-order valence-electron chi connectivity index (χ0n) is 11.5. The Bertz CT molecular complexity index is 312. The summed E-state index contributed by atoms with van der Waals surface area (Å²) in [4.78, 5) is 14.4. The summed E-state index contributed by atoms with van der Waals surface area (Å²) in [6, 6.07) is 2.42. The van der Waals surface area contributed by atoms with Crippen molar-refractivity contribution in [3.8, 4) is 6.07 Å². The van der Waals surface area contributed by atoms with E-state index in [1.54, 1.807) is 4.90 Å². The number of amides is 1. The van der Waals surface area contributed by atoms with Gasteiger partial charge in [0.1, 0.15) is 5.41 Å². The van der Waals surface area contributed by atoms with Crippen molar-refractivity contribution in [1.82, 2.24) is 4.90 Å². The van der Waals surface area contributed by atoms with E-state index in [0.29, 0.717) is 19.4 Å². The van der Waals surface area contributed by atoms with E-state index in [1.807, 2.05) is 13.8 Å². The first-order valence-electron chi connectivity index (χ1n) is 6.98. The number of hydrogen-bond acceptors (Lipinski definition) is 3. The van der Waals surface area contributed by atoms with Crippen molar-refractivity contribution in [3.63, 3.8) is 0 Å². The van der Waals surface area contributed by atoms with Crippen molar-refractivity contribution in [2.75, 3.05) is 13.2 Å². The van der Waals surface area contributed by atoms with E-state index < -0.39 is 5.41 Å². The zero-order chi connectivity index (χ0) is 13.6. The maximum absolute atomic E-state index is 12.6. The Morgan fingerprint density at radius 2 is 1.94 bits per heavy atom. The molecule has 1 saturated carbocycles. The maximum atomic E-state index is 12.6. The fourth-order valence-corrected chi connectivity index (χ4v) is 2.81. The van der Waals surface area contributed by atoms with Crippen molar-refractivity contribution in [3.05, 3.63) is 0 Å². The molecule has 0 radical (unpaired) electrons. The van der Waals surface area contributed by atoms with Crippen LogP contribution >= 0.6 is 0 Å². The number of nitrogens with zero attached hydrogens (tertiary/aromatic N) is 2. The Kier molecular flexibility index (Phi) is 5.61. The third-order valence-electron chi connectivity index (χ3n) is 4.20. The van der Waals surface area contributed by atoms with Crippen LogP contribution < -0.4 is 0 Å². The summed E-state index contributed by atoms with van der Waals surface area (Å²) in [7, 11) is 0. The van der Waals surface area contributed by atoms with Crippen molar-refractivity contribution in [1.29, 1.82) is 5.26 Å². The third-order valence-corrected chi connectivity index (χ3v) is 4.20. The predicted octanol–water partition coefficient (Wildman–Crippen LogP) is 2.08. The second-order valence-electron chi connectivity index (χ2n) is 5.06. The molecule has 0 heterocycles. The van der Waals surface area contributed by atoms with Gasteiger partial charge in [-0.1, -0.05) is 26.7 Å². The lowest BCUT2D eigenvalue weighted by atomic mass is 9.82. The number of hydrogen-bond donors (Lipinski definition) is 1. The molecule has 0 aromatic heterocycles. The highest BCUT2D eigenvalue weighted by atomic mass is 16.3. The molecule has 0 unspecified atom stereocenters. The molecule has 0 atom stereocenters. The van der Waals surface area contributed by atoms with Crippen LogP contribution in [-0.2, 0) is 4.79 Å². The fraction of sp³-hybridized carbons (Fsp3) is 0.857. The molecule has 4 heteroatoms. The lowest BCUT2D eigenvalue weighted by Crippen LogP contribution is -2.48. The van der Waals surface area contributed by atoms with Gasteiger partial charge in [0.15, 0.2) is 0 Å². The smallest absolute Gasteiger partial charge is 0.243 e. The minimum absolute atomic E-state index is 0.0306. The second kappa shape index (κ2) is 6.75. The van der Waals surface area contributed by atoms with E-state index in [-0.39, 0.29) is 18.6 Å². The molecule has 18 heavy (non-hydrogen) atoms. The van der Waals surface area contributed by atoms with Gasteiger partial charge in [0.05, 0.1) is 12.7 Å². The first-order valence-corrected chi connectivity index (χ1v) is 6.98. The van der Waals surface area contributed by atoms with Crippen LogP contribution in [0, 0.1) is 16.7 Å². The largest absolute Gasteiger partial charge is 0.395 e. The molecule has 0 aromatic carbocycles. The van der Waals surface area contributed by atoms with Crippen LogP contribution in [0.1, 0.15) is 52.4 Å². The molecule has 1 amide bonds. The molecule has 1 aliphatic carbocycles. The molecule has 1 N–H and O–H groups in total. The number of carbonyl (C=O) groups excluding carboxylic acids is 1. The first-order chi connectivity index (χ1) is 8.65. The van der Waals surface area contributed by atoms with Crippen LogP contribution in [0.15, 0.2) is 0 Å². The average molecular weight is 252 g/mol. The summed E-state index contributed by atoms with van der Waals surface area (Å²) in [5.41, 5.74) is -0.905. The van der Waals surface area contributed by atoms with E-state index >= 15 is 0 Å². The number of aliphatic hydroxyl groups excluding tert-OH is 1. The first kappa shape index (κ1) is 15.0. The quantitative estimate of drug-likeness (QED) is 0.787. The van der Waals surface area contributed by atoms with Crippen molar-refractivity contribution in [2.45, 2.75) is 58.4 Å². The Labute approximate surface area is 110 Å². The van der Waals surface area contributed by atoms with Gasteiger partial charge in [0.2, 0.25) is 5.91 Å².